The van der Waals surface area contributed by atoms with Gasteiger partial charge in [0.05, 0.1) is 6.04 Å². The van der Waals surface area contributed by atoms with Crippen molar-refractivity contribution in [2.45, 2.75) is 18.9 Å². The Kier molecular flexibility index (Phi) is 4.53. The van der Waals surface area contributed by atoms with Gasteiger partial charge in [-0.15, -0.1) is 0 Å². The molecule has 1 fully saturated rings. The van der Waals surface area contributed by atoms with Gasteiger partial charge < -0.3 is 9.47 Å². The van der Waals surface area contributed by atoms with Crippen LogP contribution >= 0.6 is 0 Å². The van der Waals surface area contributed by atoms with Crippen molar-refractivity contribution >= 4 is 5.78 Å². The lowest BCUT2D eigenvalue weighted by molar-refractivity contribution is 0.0814. The molecule has 4 nitrogen and oxygen atoms in total. The van der Waals surface area contributed by atoms with E-state index in [9.17, 15) is 4.79 Å². The first-order chi connectivity index (χ1) is 15.3. The van der Waals surface area contributed by atoms with Gasteiger partial charge in [0.15, 0.2) is 17.3 Å². The number of likely N-dealkylation sites (tertiary alicyclic amines) is 1. The van der Waals surface area contributed by atoms with Gasteiger partial charge in [0.25, 0.3) is 0 Å². The molecule has 2 aliphatic heterocycles. The number of rotatable bonds is 3. The van der Waals surface area contributed by atoms with Crippen LogP contribution in [0.25, 0.3) is 11.1 Å². The Morgan fingerprint density at radius 2 is 1.39 bits per heavy atom. The number of benzene rings is 3. The highest BCUT2D eigenvalue weighted by atomic mass is 16.6. The molecule has 1 aliphatic carbocycles. The summed E-state index contributed by atoms with van der Waals surface area (Å²) in [6.07, 6.45) is 1.77. The Bertz CT molecular complexity index is 1100. The summed E-state index contributed by atoms with van der Waals surface area (Å²) in [6, 6.07) is 23.4. The Hall–Kier alpha value is -3.11. The minimum absolute atomic E-state index is 0.0608. The van der Waals surface area contributed by atoms with E-state index in [1.165, 1.54) is 22.3 Å². The average Bonchev–Trinajstić information content (AvgIpc) is 3.18. The summed E-state index contributed by atoms with van der Waals surface area (Å²) in [5, 5.41) is 0. The molecule has 1 saturated heterocycles. The van der Waals surface area contributed by atoms with Crippen molar-refractivity contribution in [2.75, 3.05) is 26.3 Å². The predicted molar refractivity (Wildman–Crippen MR) is 120 cm³/mol. The van der Waals surface area contributed by atoms with Crippen molar-refractivity contribution in [1.29, 1.82) is 0 Å². The van der Waals surface area contributed by atoms with E-state index >= 15 is 0 Å². The van der Waals surface area contributed by atoms with Gasteiger partial charge in [-0.3, -0.25) is 9.69 Å². The summed E-state index contributed by atoms with van der Waals surface area (Å²) >= 11 is 0. The van der Waals surface area contributed by atoms with Crippen LogP contribution in [0, 0.1) is 5.92 Å². The summed E-state index contributed by atoms with van der Waals surface area (Å²) in [6.45, 7) is 2.95. The molecule has 0 radical (unpaired) electrons. The number of Topliss-reactive ketones (excluding diaryl/α,β-unsaturated/α-hetero) is 1. The number of fused-ring (bicyclic) bond motifs is 4. The molecule has 0 spiro atoms. The standard InChI is InChI=1S/C27H25NO3/c29-27(19-9-10-24-25(17-19)31-16-15-30-24)18-11-13-28(14-12-18)26-22-7-3-1-5-20(22)21-6-2-4-8-23(21)26/h1-10,17-18,26H,11-16H2. The fourth-order valence-corrected chi connectivity index (χ4v) is 5.37. The van der Waals surface area contributed by atoms with Gasteiger partial charge in [-0.05, 0) is 66.4 Å². The minimum atomic E-state index is 0.0608. The van der Waals surface area contributed by atoms with Crippen LogP contribution in [0.15, 0.2) is 66.7 Å². The molecule has 0 unspecified atom stereocenters. The van der Waals surface area contributed by atoms with Crippen molar-refractivity contribution in [3.63, 3.8) is 0 Å². The van der Waals surface area contributed by atoms with Crippen LogP contribution in [0.2, 0.25) is 0 Å². The Morgan fingerprint density at radius 1 is 0.774 bits per heavy atom. The zero-order chi connectivity index (χ0) is 20.8. The molecular weight excluding hydrogens is 386 g/mol. The van der Waals surface area contributed by atoms with Crippen LogP contribution in [0.4, 0.5) is 0 Å². The summed E-state index contributed by atoms with van der Waals surface area (Å²) < 4.78 is 11.3. The van der Waals surface area contributed by atoms with Crippen LogP contribution < -0.4 is 9.47 Å². The number of hydrogen-bond acceptors (Lipinski definition) is 4. The van der Waals surface area contributed by atoms with Crippen molar-refractivity contribution in [1.82, 2.24) is 4.90 Å². The van der Waals surface area contributed by atoms with E-state index in [4.69, 9.17) is 9.47 Å². The maximum atomic E-state index is 13.2. The molecule has 3 aromatic carbocycles. The average molecular weight is 412 g/mol. The second-order valence-electron chi connectivity index (χ2n) is 8.61. The second kappa shape index (κ2) is 7.54. The lowest BCUT2D eigenvalue weighted by atomic mass is 9.87. The third-order valence-corrected chi connectivity index (χ3v) is 6.89. The summed E-state index contributed by atoms with van der Waals surface area (Å²) in [4.78, 5) is 15.7. The molecule has 31 heavy (non-hydrogen) atoms. The molecule has 3 aromatic rings. The first-order valence-electron chi connectivity index (χ1n) is 11.2. The highest BCUT2D eigenvalue weighted by molar-refractivity contribution is 5.98. The molecule has 2 heterocycles. The van der Waals surface area contributed by atoms with E-state index < -0.39 is 0 Å². The number of carbonyl (C=O) groups excluding carboxylic acids is 1. The lowest BCUT2D eigenvalue weighted by Crippen LogP contribution is -2.38. The Morgan fingerprint density at radius 3 is 2.06 bits per heavy atom. The van der Waals surface area contributed by atoms with E-state index in [1.807, 2.05) is 18.2 Å². The van der Waals surface area contributed by atoms with Gasteiger partial charge in [-0.1, -0.05) is 48.5 Å². The zero-order valence-corrected chi connectivity index (χ0v) is 17.4. The second-order valence-corrected chi connectivity index (χ2v) is 8.61. The molecule has 0 bridgehead atoms. The van der Waals surface area contributed by atoms with Gasteiger partial charge in [-0.2, -0.15) is 0 Å². The van der Waals surface area contributed by atoms with Crippen molar-refractivity contribution in [3.05, 3.63) is 83.4 Å². The van der Waals surface area contributed by atoms with Crippen LogP contribution in [0.5, 0.6) is 11.5 Å². The smallest absolute Gasteiger partial charge is 0.166 e. The lowest BCUT2D eigenvalue weighted by Gasteiger charge is -2.36. The number of piperidine rings is 1. The quantitative estimate of drug-likeness (QED) is 0.561. The van der Waals surface area contributed by atoms with Crippen LogP contribution in [-0.4, -0.2) is 37.0 Å². The van der Waals surface area contributed by atoms with Gasteiger partial charge in [0.1, 0.15) is 13.2 Å². The largest absolute Gasteiger partial charge is 0.486 e. The number of ketones is 1. The summed E-state index contributed by atoms with van der Waals surface area (Å²) in [7, 11) is 0. The molecule has 6 rings (SSSR count). The fraction of sp³-hybridized carbons (Fsp3) is 0.296. The normalized spacial score (nSPS) is 18.5. The van der Waals surface area contributed by atoms with E-state index in [1.54, 1.807) is 0 Å². The van der Waals surface area contributed by atoms with E-state index in [0.717, 1.165) is 37.2 Å². The van der Waals surface area contributed by atoms with E-state index in [-0.39, 0.29) is 17.7 Å². The van der Waals surface area contributed by atoms with Crippen molar-refractivity contribution in [2.24, 2.45) is 5.92 Å². The van der Waals surface area contributed by atoms with E-state index in [0.29, 0.717) is 19.0 Å². The van der Waals surface area contributed by atoms with Crippen molar-refractivity contribution in [3.8, 4) is 22.6 Å². The van der Waals surface area contributed by atoms with Gasteiger partial charge in [0, 0.05) is 11.5 Å². The molecule has 4 heteroatoms. The van der Waals surface area contributed by atoms with Gasteiger partial charge in [0.2, 0.25) is 0 Å². The first-order valence-corrected chi connectivity index (χ1v) is 11.2. The van der Waals surface area contributed by atoms with Gasteiger partial charge >= 0.3 is 0 Å². The third kappa shape index (κ3) is 3.14. The monoisotopic (exact) mass is 411 g/mol. The van der Waals surface area contributed by atoms with Gasteiger partial charge in [-0.25, -0.2) is 0 Å². The highest BCUT2D eigenvalue weighted by Gasteiger charge is 2.36. The summed E-state index contributed by atoms with van der Waals surface area (Å²) in [5.41, 5.74) is 6.20. The maximum Gasteiger partial charge on any atom is 0.166 e. The van der Waals surface area contributed by atoms with E-state index in [2.05, 4.69) is 53.4 Å². The SMILES string of the molecule is O=C(c1ccc2c(c1)OCCO2)C1CCN(C2c3ccccc3-c3ccccc32)CC1. The third-order valence-electron chi connectivity index (χ3n) is 6.89. The predicted octanol–water partition coefficient (Wildman–Crippen LogP) is 5.12. The number of nitrogens with zero attached hydrogens (tertiary/aromatic N) is 1. The molecule has 0 aromatic heterocycles. The number of carbonyl (C=O) groups is 1. The van der Waals surface area contributed by atoms with Crippen LogP contribution in [0.1, 0.15) is 40.4 Å². The zero-order valence-electron chi connectivity index (χ0n) is 17.4. The number of hydrogen-bond donors (Lipinski definition) is 0. The van der Waals surface area contributed by atoms with Crippen molar-refractivity contribution < 1.29 is 14.3 Å². The molecule has 0 atom stereocenters. The Labute approximate surface area is 182 Å². The molecule has 0 amide bonds. The minimum Gasteiger partial charge on any atom is -0.486 e. The topological polar surface area (TPSA) is 38.8 Å². The molecule has 3 aliphatic rings. The fourth-order valence-electron chi connectivity index (χ4n) is 5.37. The highest BCUT2D eigenvalue weighted by Crippen LogP contribution is 2.47. The molecular formula is C27H25NO3. The number of ether oxygens (including phenoxy) is 2. The van der Waals surface area contributed by atoms with Crippen LogP contribution in [-0.2, 0) is 0 Å². The summed E-state index contributed by atoms with van der Waals surface area (Å²) in [5.74, 6) is 1.71. The molecule has 156 valence electrons. The molecule has 0 N–H and O–H groups in total. The Balaban J connectivity index is 1.20. The first kappa shape index (κ1) is 18.6. The maximum absolute atomic E-state index is 13.2. The van der Waals surface area contributed by atoms with Crippen LogP contribution in [0.3, 0.4) is 0 Å². The molecule has 0 saturated carbocycles.